The van der Waals surface area contributed by atoms with Crippen molar-refractivity contribution in [2.45, 2.75) is 19.3 Å². The Labute approximate surface area is 285 Å². The predicted octanol–water partition coefficient (Wildman–Crippen LogP) is 11.6. The van der Waals surface area contributed by atoms with E-state index in [1.165, 1.54) is 55.3 Å². The van der Waals surface area contributed by atoms with Gasteiger partial charge in [-0.25, -0.2) is 15.0 Å². The summed E-state index contributed by atoms with van der Waals surface area (Å²) in [5.41, 5.74) is 15.8. The molecule has 0 spiro atoms. The van der Waals surface area contributed by atoms with Crippen molar-refractivity contribution in [3.8, 4) is 78.7 Å². The summed E-state index contributed by atoms with van der Waals surface area (Å²) in [5.74, 6) is 1.97. The molecule has 0 radical (unpaired) electrons. The van der Waals surface area contributed by atoms with Crippen molar-refractivity contribution in [1.29, 1.82) is 0 Å². The highest BCUT2D eigenvalue weighted by Gasteiger charge is 2.40. The molecule has 7 aromatic carbocycles. The van der Waals surface area contributed by atoms with Crippen LogP contribution in [0.1, 0.15) is 25.0 Å². The molecular formula is C46H31N3. The van der Waals surface area contributed by atoms with E-state index in [-0.39, 0.29) is 5.41 Å². The molecule has 0 fully saturated rings. The van der Waals surface area contributed by atoms with E-state index in [9.17, 15) is 0 Å². The van der Waals surface area contributed by atoms with E-state index in [4.69, 9.17) is 15.0 Å². The summed E-state index contributed by atoms with van der Waals surface area (Å²) in [6.07, 6.45) is 0. The third kappa shape index (κ3) is 4.06. The van der Waals surface area contributed by atoms with Crippen LogP contribution in [0.15, 0.2) is 152 Å². The summed E-state index contributed by atoms with van der Waals surface area (Å²) < 4.78 is 0. The molecule has 0 amide bonds. The Kier molecular flexibility index (Phi) is 5.92. The molecule has 0 aliphatic heterocycles. The van der Waals surface area contributed by atoms with E-state index in [1.807, 2.05) is 36.4 Å². The molecule has 0 saturated carbocycles. The topological polar surface area (TPSA) is 38.7 Å². The Hall–Kier alpha value is -6.19. The molecule has 0 unspecified atom stereocenters. The minimum absolute atomic E-state index is 0.0529. The van der Waals surface area contributed by atoms with Crippen LogP contribution in [0, 0.1) is 0 Å². The Morgan fingerprint density at radius 2 is 0.796 bits per heavy atom. The van der Waals surface area contributed by atoms with Crippen molar-refractivity contribution in [1.82, 2.24) is 15.0 Å². The van der Waals surface area contributed by atoms with E-state index in [0.717, 1.165) is 27.8 Å². The largest absolute Gasteiger partial charge is 0.208 e. The van der Waals surface area contributed by atoms with Crippen LogP contribution in [0.4, 0.5) is 0 Å². The number of rotatable bonds is 4. The first kappa shape index (κ1) is 27.9. The van der Waals surface area contributed by atoms with Gasteiger partial charge in [0.05, 0.1) is 0 Å². The minimum Gasteiger partial charge on any atom is -0.208 e. The predicted molar refractivity (Wildman–Crippen MR) is 201 cm³/mol. The minimum atomic E-state index is -0.0529. The van der Waals surface area contributed by atoms with Gasteiger partial charge in [0.25, 0.3) is 0 Å². The fraction of sp³-hybridized carbons (Fsp3) is 0.0652. The Bertz CT molecular complexity index is 2500. The van der Waals surface area contributed by atoms with E-state index in [2.05, 4.69) is 129 Å². The fourth-order valence-corrected chi connectivity index (χ4v) is 8.21. The zero-order chi connectivity index (χ0) is 32.7. The van der Waals surface area contributed by atoms with Crippen molar-refractivity contribution in [2.24, 2.45) is 0 Å². The zero-order valence-electron chi connectivity index (χ0n) is 27.3. The molecule has 1 heterocycles. The SMILES string of the molecule is CC1(C)c2cccc3c2-c2c(cccc21)-c1ccc(-c2ccccc2-c2nc(-c4ccccc4)nc(-c4ccccc4)n2)c2cccc-3c12. The normalized spacial score (nSPS) is 13.3. The number of hydrogen-bond donors (Lipinski definition) is 0. The molecule has 0 saturated heterocycles. The lowest BCUT2D eigenvalue weighted by Crippen LogP contribution is -2.15. The molecule has 3 nitrogen and oxygen atoms in total. The number of fused-ring (bicyclic) bond motifs is 2. The molecule has 0 N–H and O–H groups in total. The second kappa shape index (κ2) is 10.4. The standard InChI is InChI=1S/C46H31N3/c1-46(2)38-24-12-22-34-33-21-11-20-32-31(26-27-36(40(32)33)35-23-13-25-39(46)42(35)41(34)38)30-18-9-10-19-37(30)45-48-43(28-14-5-3-6-15-28)47-44(49-45)29-16-7-4-8-17-29/h3-27H,1-2H3. The average Bonchev–Trinajstić information content (AvgIpc) is 3.32. The number of hydrogen-bond acceptors (Lipinski definition) is 3. The van der Waals surface area contributed by atoms with Crippen LogP contribution in [0.3, 0.4) is 0 Å². The lowest BCUT2D eigenvalue weighted by atomic mass is 9.80. The number of benzene rings is 7. The number of aromatic nitrogens is 3. The summed E-state index contributed by atoms with van der Waals surface area (Å²) in [5, 5.41) is 2.51. The van der Waals surface area contributed by atoms with Crippen molar-refractivity contribution >= 4 is 10.8 Å². The van der Waals surface area contributed by atoms with Gasteiger partial charge in [-0.3, -0.25) is 0 Å². The van der Waals surface area contributed by atoms with Crippen LogP contribution >= 0.6 is 0 Å². The van der Waals surface area contributed by atoms with Gasteiger partial charge in [0, 0.05) is 22.1 Å². The van der Waals surface area contributed by atoms with Crippen LogP contribution < -0.4 is 0 Å². The highest BCUT2D eigenvalue weighted by atomic mass is 15.0. The molecule has 10 rings (SSSR count). The summed E-state index contributed by atoms with van der Waals surface area (Å²) in [6, 6.07) is 54.0. The Morgan fingerprint density at radius 3 is 1.41 bits per heavy atom. The van der Waals surface area contributed by atoms with E-state index < -0.39 is 0 Å². The van der Waals surface area contributed by atoms with Gasteiger partial charge in [0.1, 0.15) is 0 Å². The lowest BCUT2D eigenvalue weighted by Gasteiger charge is -2.23. The molecule has 0 bridgehead atoms. The number of nitrogens with zero attached hydrogens (tertiary/aromatic N) is 3. The Balaban J connectivity index is 1.24. The third-order valence-corrected chi connectivity index (χ3v) is 10.5. The van der Waals surface area contributed by atoms with Crippen molar-refractivity contribution in [3.05, 3.63) is 163 Å². The molecule has 230 valence electrons. The first-order chi connectivity index (χ1) is 24.1. The summed E-state index contributed by atoms with van der Waals surface area (Å²) in [6.45, 7) is 4.73. The smallest absolute Gasteiger partial charge is 0.164 e. The van der Waals surface area contributed by atoms with Gasteiger partial charge in [0.15, 0.2) is 17.5 Å². The second-order valence-corrected chi connectivity index (χ2v) is 13.6. The van der Waals surface area contributed by atoms with Crippen LogP contribution in [-0.2, 0) is 5.41 Å². The summed E-state index contributed by atoms with van der Waals surface area (Å²) in [4.78, 5) is 15.2. The third-order valence-electron chi connectivity index (χ3n) is 10.5. The van der Waals surface area contributed by atoms with Gasteiger partial charge in [0.2, 0.25) is 0 Å². The maximum absolute atomic E-state index is 5.11. The van der Waals surface area contributed by atoms with E-state index >= 15 is 0 Å². The van der Waals surface area contributed by atoms with Crippen molar-refractivity contribution < 1.29 is 0 Å². The van der Waals surface area contributed by atoms with Crippen LogP contribution in [0.5, 0.6) is 0 Å². The van der Waals surface area contributed by atoms with Crippen LogP contribution in [0.25, 0.3) is 89.4 Å². The fourth-order valence-electron chi connectivity index (χ4n) is 8.21. The Morgan fingerprint density at radius 1 is 0.347 bits per heavy atom. The van der Waals surface area contributed by atoms with E-state index in [0.29, 0.717) is 17.5 Å². The van der Waals surface area contributed by atoms with Gasteiger partial charge >= 0.3 is 0 Å². The molecular weight excluding hydrogens is 595 g/mol. The van der Waals surface area contributed by atoms with Gasteiger partial charge < -0.3 is 0 Å². The van der Waals surface area contributed by atoms with Crippen LogP contribution in [0.2, 0.25) is 0 Å². The molecule has 1 aromatic heterocycles. The second-order valence-electron chi connectivity index (χ2n) is 13.6. The van der Waals surface area contributed by atoms with Crippen molar-refractivity contribution in [3.63, 3.8) is 0 Å². The van der Waals surface area contributed by atoms with Crippen LogP contribution in [-0.4, -0.2) is 15.0 Å². The van der Waals surface area contributed by atoms with Gasteiger partial charge in [-0.05, 0) is 66.4 Å². The maximum atomic E-state index is 5.11. The van der Waals surface area contributed by atoms with Gasteiger partial charge in [-0.15, -0.1) is 0 Å². The zero-order valence-corrected chi connectivity index (χ0v) is 27.3. The molecule has 2 aliphatic rings. The molecule has 49 heavy (non-hydrogen) atoms. The summed E-state index contributed by atoms with van der Waals surface area (Å²) >= 11 is 0. The highest BCUT2D eigenvalue weighted by Crippen LogP contribution is 2.58. The average molecular weight is 626 g/mol. The van der Waals surface area contributed by atoms with Gasteiger partial charge in [-0.1, -0.05) is 166 Å². The first-order valence-corrected chi connectivity index (χ1v) is 16.9. The molecule has 8 aromatic rings. The monoisotopic (exact) mass is 625 g/mol. The molecule has 0 atom stereocenters. The highest BCUT2D eigenvalue weighted by molar-refractivity contribution is 6.18. The quantitative estimate of drug-likeness (QED) is 0.195. The van der Waals surface area contributed by atoms with Crippen molar-refractivity contribution in [2.75, 3.05) is 0 Å². The maximum Gasteiger partial charge on any atom is 0.164 e. The summed E-state index contributed by atoms with van der Waals surface area (Å²) in [7, 11) is 0. The van der Waals surface area contributed by atoms with E-state index in [1.54, 1.807) is 0 Å². The van der Waals surface area contributed by atoms with Gasteiger partial charge in [-0.2, -0.15) is 0 Å². The first-order valence-electron chi connectivity index (χ1n) is 16.9. The lowest BCUT2D eigenvalue weighted by molar-refractivity contribution is 0.660. The molecule has 2 aliphatic carbocycles. The molecule has 3 heteroatoms.